The number of hydrazine groups is 1. The molecule has 0 atom stereocenters. The summed E-state index contributed by atoms with van der Waals surface area (Å²) in [4.78, 5) is 19.2. The van der Waals surface area contributed by atoms with Crippen LogP contribution in [0.25, 0.3) is 22.5 Å². The van der Waals surface area contributed by atoms with Crippen molar-refractivity contribution in [2.75, 3.05) is 5.43 Å². The molecule has 0 fully saturated rings. The van der Waals surface area contributed by atoms with E-state index >= 15 is 0 Å². The highest BCUT2D eigenvalue weighted by atomic mass is 16.1. The topological polar surface area (TPSA) is 83.8 Å². The van der Waals surface area contributed by atoms with Crippen LogP contribution < -0.4 is 16.8 Å². The van der Waals surface area contributed by atoms with Gasteiger partial charge in [0.15, 0.2) is 0 Å². The first-order valence-electron chi connectivity index (χ1n) is 6.51. The van der Waals surface area contributed by atoms with Gasteiger partial charge in [-0.05, 0) is 0 Å². The maximum atomic E-state index is 12.0. The van der Waals surface area contributed by atoms with E-state index in [9.17, 15) is 4.79 Å². The SMILES string of the molecule is NNc1nc(-c2ccccc2)c(-c2ccccc2)[nH]c1=O. The molecule has 5 nitrogen and oxygen atoms in total. The summed E-state index contributed by atoms with van der Waals surface area (Å²) in [5.74, 6) is 5.45. The number of nitrogens with one attached hydrogen (secondary N) is 2. The fourth-order valence-electron chi connectivity index (χ4n) is 2.17. The van der Waals surface area contributed by atoms with Crippen LogP contribution in [0.3, 0.4) is 0 Å². The van der Waals surface area contributed by atoms with Gasteiger partial charge in [-0.3, -0.25) is 4.79 Å². The van der Waals surface area contributed by atoms with E-state index in [1.54, 1.807) is 0 Å². The Balaban J connectivity index is 2.28. The normalized spacial score (nSPS) is 10.3. The molecule has 0 unspecified atom stereocenters. The zero-order valence-corrected chi connectivity index (χ0v) is 11.2. The van der Waals surface area contributed by atoms with Gasteiger partial charge in [-0.2, -0.15) is 0 Å². The highest BCUT2D eigenvalue weighted by Gasteiger charge is 2.13. The molecule has 0 saturated carbocycles. The fraction of sp³-hybridized carbons (Fsp3) is 0. The second-order valence-corrected chi connectivity index (χ2v) is 4.51. The zero-order chi connectivity index (χ0) is 14.7. The summed E-state index contributed by atoms with van der Waals surface area (Å²) in [6, 6.07) is 19.3. The monoisotopic (exact) mass is 278 g/mol. The smallest absolute Gasteiger partial charge is 0.292 e. The van der Waals surface area contributed by atoms with Crippen molar-refractivity contribution < 1.29 is 0 Å². The molecule has 3 rings (SSSR count). The lowest BCUT2D eigenvalue weighted by Gasteiger charge is -2.10. The first-order chi connectivity index (χ1) is 10.3. The molecule has 0 spiro atoms. The van der Waals surface area contributed by atoms with Gasteiger partial charge in [-0.25, -0.2) is 10.8 Å². The lowest BCUT2D eigenvalue weighted by Crippen LogP contribution is -2.21. The van der Waals surface area contributed by atoms with Crippen molar-refractivity contribution in [2.45, 2.75) is 0 Å². The number of nitrogens with zero attached hydrogens (tertiary/aromatic N) is 1. The highest BCUT2D eigenvalue weighted by molar-refractivity contribution is 5.78. The molecular formula is C16H14N4O. The molecule has 0 saturated heterocycles. The number of hydrogen-bond donors (Lipinski definition) is 3. The van der Waals surface area contributed by atoms with Gasteiger partial charge in [0.1, 0.15) is 0 Å². The molecule has 0 aliphatic rings. The maximum Gasteiger partial charge on any atom is 0.292 e. The van der Waals surface area contributed by atoms with Crippen molar-refractivity contribution in [3.8, 4) is 22.5 Å². The average molecular weight is 278 g/mol. The van der Waals surface area contributed by atoms with E-state index in [1.165, 1.54) is 0 Å². The number of benzene rings is 2. The van der Waals surface area contributed by atoms with E-state index in [0.717, 1.165) is 11.1 Å². The summed E-state index contributed by atoms with van der Waals surface area (Å²) in [5.41, 5.74) is 5.13. The average Bonchev–Trinajstić information content (AvgIpc) is 2.56. The van der Waals surface area contributed by atoms with Crippen molar-refractivity contribution in [3.05, 3.63) is 71.0 Å². The van der Waals surface area contributed by atoms with Gasteiger partial charge in [0.2, 0.25) is 5.82 Å². The van der Waals surface area contributed by atoms with E-state index in [-0.39, 0.29) is 11.4 Å². The Morgan fingerprint density at radius 2 is 1.48 bits per heavy atom. The van der Waals surface area contributed by atoms with Gasteiger partial charge in [0.05, 0.1) is 11.4 Å². The molecule has 1 aromatic heterocycles. The Kier molecular flexibility index (Phi) is 3.49. The highest BCUT2D eigenvalue weighted by Crippen LogP contribution is 2.28. The van der Waals surface area contributed by atoms with Gasteiger partial charge >= 0.3 is 0 Å². The molecule has 1 heterocycles. The number of aromatic amines is 1. The van der Waals surface area contributed by atoms with Crippen LogP contribution in [0.1, 0.15) is 0 Å². The summed E-state index contributed by atoms with van der Waals surface area (Å²) in [6.45, 7) is 0. The predicted octanol–water partition coefficient (Wildman–Crippen LogP) is 2.39. The van der Waals surface area contributed by atoms with Crippen LogP contribution in [0, 0.1) is 0 Å². The third kappa shape index (κ3) is 2.54. The molecule has 4 N–H and O–H groups in total. The standard InChI is InChI=1S/C16H14N4O/c17-20-15-16(21)19-14(12-9-5-2-6-10-12)13(18-15)11-7-3-1-4-8-11/h1-10H,17H2,(H,18,20)(H,19,21). The number of aromatic nitrogens is 2. The van der Waals surface area contributed by atoms with E-state index < -0.39 is 0 Å². The first-order valence-corrected chi connectivity index (χ1v) is 6.51. The van der Waals surface area contributed by atoms with Crippen molar-refractivity contribution >= 4 is 5.82 Å². The number of nitrogen functional groups attached to an aromatic ring is 1. The molecule has 2 aromatic carbocycles. The Labute approximate surface area is 121 Å². The summed E-state index contributed by atoms with van der Waals surface area (Å²) >= 11 is 0. The zero-order valence-electron chi connectivity index (χ0n) is 11.2. The van der Waals surface area contributed by atoms with Crippen molar-refractivity contribution in [3.63, 3.8) is 0 Å². The molecule has 0 aliphatic heterocycles. The minimum atomic E-state index is -0.351. The van der Waals surface area contributed by atoms with Gasteiger partial charge in [-0.1, -0.05) is 60.7 Å². The summed E-state index contributed by atoms with van der Waals surface area (Å²) in [7, 11) is 0. The van der Waals surface area contributed by atoms with Gasteiger partial charge in [-0.15, -0.1) is 0 Å². The summed E-state index contributed by atoms with van der Waals surface area (Å²) in [6.07, 6.45) is 0. The quantitative estimate of drug-likeness (QED) is 0.507. The van der Waals surface area contributed by atoms with Crippen LogP contribution in [0.2, 0.25) is 0 Å². The Morgan fingerprint density at radius 1 is 0.905 bits per heavy atom. The van der Waals surface area contributed by atoms with Crippen LogP contribution in [-0.2, 0) is 0 Å². The van der Waals surface area contributed by atoms with Gasteiger partial charge in [0.25, 0.3) is 5.56 Å². The number of hydrogen-bond acceptors (Lipinski definition) is 4. The number of nitrogens with two attached hydrogens (primary N) is 1. The van der Waals surface area contributed by atoms with Crippen molar-refractivity contribution in [1.29, 1.82) is 0 Å². The largest absolute Gasteiger partial charge is 0.317 e. The van der Waals surface area contributed by atoms with E-state index in [2.05, 4.69) is 15.4 Å². The van der Waals surface area contributed by atoms with Gasteiger partial charge < -0.3 is 10.4 Å². The Morgan fingerprint density at radius 3 is 2.05 bits per heavy atom. The number of anilines is 1. The molecule has 3 aromatic rings. The molecule has 5 heteroatoms. The third-order valence-electron chi connectivity index (χ3n) is 3.16. The molecule has 0 aliphatic carbocycles. The molecule has 104 valence electrons. The second-order valence-electron chi connectivity index (χ2n) is 4.51. The third-order valence-corrected chi connectivity index (χ3v) is 3.16. The molecule has 0 amide bonds. The first kappa shape index (κ1) is 13.1. The van der Waals surface area contributed by atoms with E-state index in [4.69, 9.17) is 5.84 Å². The van der Waals surface area contributed by atoms with Crippen LogP contribution in [-0.4, -0.2) is 9.97 Å². The van der Waals surface area contributed by atoms with Crippen LogP contribution in [0.15, 0.2) is 65.5 Å². The van der Waals surface area contributed by atoms with Crippen molar-refractivity contribution in [1.82, 2.24) is 9.97 Å². The van der Waals surface area contributed by atoms with E-state index in [0.29, 0.717) is 11.4 Å². The number of H-pyrrole nitrogens is 1. The van der Waals surface area contributed by atoms with Gasteiger partial charge in [0, 0.05) is 11.1 Å². The molecule has 0 bridgehead atoms. The van der Waals surface area contributed by atoms with E-state index in [1.807, 2.05) is 60.7 Å². The van der Waals surface area contributed by atoms with Crippen LogP contribution in [0.4, 0.5) is 5.82 Å². The van der Waals surface area contributed by atoms with Crippen LogP contribution >= 0.6 is 0 Å². The minimum Gasteiger partial charge on any atom is -0.317 e. The molecule has 0 radical (unpaired) electrons. The van der Waals surface area contributed by atoms with Crippen LogP contribution in [0.5, 0.6) is 0 Å². The minimum absolute atomic E-state index is 0.0912. The Hall–Kier alpha value is -2.92. The second kappa shape index (κ2) is 5.60. The molecular weight excluding hydrogens is 264 g/mol. The fourth-order valence-corrected chi connectivity index (χ4v) is 2.17. The predicted molar refractivity (Wildman–Crippen MR) is 83.5 cm³/mol. The number of rotatable bonds is 3. The lowest BCUT2D eigenvalue weighted by molar-refractivity contribution is 1.12. The lowest BCUT2D eigenvalue weighted by atomic mass is 10.0. The van der Waals surface area contributed by atoms with Crippen molar-refractivity contribution in [2.24, 2.45) is 5.84 Å². The molecule has 21 heavy (non-hydrogen) atoms. The summed E-state index contributed by atoms with van der Waals surface area (Å²) in [5, 5.41) is 0. The Bertz CT molecular complexity index is 798. The maximum absolute atomic E-state index is 12.0. The summed E-state index contributed by atoms with van der Waals surface area (Å²) < 4.78 is 0.